The van der Waals surface area contributed by atoms with E-state index in [4.69, 9.17) is 0 Å². The van der Waals surface area contributed by atoms with E-state index < -0.39 is 12.0 Å². The van der Waals surface area contributed by atoms with E-state index in [0.29, 0.717) is 5.56 Å². The average Bonchev–Trinajstić information content (AvgIpc) is 3.17. The van der Waals surface area contributed by atoms with Gasteiger partial charge in [0.1, 0.15) is 6.04 Å². The van der Waals surface area contributed by atoms with E-state index in [1.165, 1.54) is 16.2 Å². The third kappa shape index (κ3) is 2.18. The van der Waals surface area contributed by atoms with Gasteiger partial charge in [0.2, 0.25) is 0 Å². The lowest BCUT2D eigenvalue weighted by Gasteiger charge is -2.26. The SMILES string of the molecule is CC(C(=O)O)N(C(=O)c1csc2ccccc12)C1CC1. The zero-order valence-corrected chi connectivity index (χ0v) is 11.9. The van der Waals surface area contributed by atoms with Crippen LogP contribution in [-0.2, 0) is 4.79 Å². The summed E-state index contributed by atoms with van der Waals surface area (Å²) in [4.78, 5) is 25.5. The van der Waals surface area contributed by atoms with Crippen LogP contribution in [0.15, 0.2) is 29.6 Å². The van der Waals surface area contributed by atoms with E-state index in [0.717, 1.165) is 22.9 Å². The second kappa shape index (κ2) is 4.90. The van der Waals surface area contributed by atoms with Gasteiger partial charge in [-0.25, -0.2) is 4.79 Å². The maximum Gasteiger partial charge on any atom is 0.326 e. The Labute approximate surface area is 120 Å². The molecule has 1 aliphatic rings. The number of aliphatic carboxylic acids is 1. The highest BCUT2D eigenvalue weighted by Crippen LogP contribution is 2.33. The van der Waals surface area contributed by atoms with Crippen LogP contribution in [0.4, 0.5) is 0 Å². The quantitative estimate of drug-likeness (QED) is 0.941. The van der Waals surface area contributed by atoms with Gasteiger partial charge in [-0.05, 0) is 25.8 Å². The van der Waals surface area contributed by atoms with Crippen LogP contribution < -0.4 is 0 Å². The van der Waals surface area contributed by atoms with Crippen LogP contribution in [0.3, 0.4) is 0 Å². The topological polar surface area (TPSA) is 57.6 Å². The monoisotopic (exact) mass is 289 g/mol. The molecule has 0 aliphatic heterocycles. The van der Waals surface area contributed by atoms with Crippen LogP contribution in [-0.4, -0.2) is 34.0 Å². The van der Waals surface area contributed by atoms with Crippen LogP contribution in [0.2, 0.25) is 0 Å². The largest absolute Gasteiger partial charge is 0.480 e. The summed E-state index contributed by atoms with van der Waals surface area (Å²) < 4.78 is 1.05. The van der Waals surface area contributed by atoms with Crippen molar-refractivity contribution in [1.29, 1.82) is 0 Å². The Hall–Kier alpha value is -1.88. The summed E-state index contributed by atoms with van der Waals surface area (Å²) in [5.74, 6) is -1.12. The predicted octanol–water partition coefficient (Wildman–Crippen LogP) is 2.98. The van der Waals surface area contributed by atoms with Crippen LogP contribution in [0.5, 0.6) is 0 Å². The number of carbonyl (C=O) groups is 2. The molecule has 1 unspecified atom stereocenters. The van der Waals surface area contributed by atoms with Crippen molar-refractivity contribution in [1.82, 2.24) is 4.90 Å². The number of hydrogen-bond acceptors (Lipinski definition) is 3. The van der Waals surface area contributed by atoms with Crippen molar-refractivity contribution in [3.05, 3.63) is 35.2 Å². The molecule has 3 rings (SSSR count). The van der Waals surface area contributed by atoms with Crippen molar-refractivity contribution in [2.45, 2.75) is 31.8 Å². The molecule has 1 saturated carbocycles. The number of amides is 1. The summed E-state index contributed by atoms with van der Waals surface area (Å²) in [6.07, 6.45) is 1.79. The fourth-order valence-corrected chi connectivity index (χ4v) is 3.35. The average molecular weight is 289 g/mol. The molecule has 1 amide bonds. The zero-order valence-electron chi connectivity index (χ0n) is 11.1. The summed E-state index contributed by atoms with van der Waals surface area (Å²) in [5.41, 5.74) is 0.616. The number of fused-ring (bicyclic) bond motifs is 1. The summed E-state index contributed by atoms with van der Waals surface area (Å²) >= 11 is 1.52. The Bertz CT molecular complexity index is 675. The van der Waals surface area contributed by atoms with Gasteiger partial charge in [-0.2, -0.15) is 0 Å². The Morgan fingerprint density at radius 3 is 2.70 bits per heavy atom. The number of benzene rings is 1. The minimum atomic E-state index is -0.954. The molecule has 1 aliphatic carbocycles. The van der Waals surface area contributed by atoms with Crippen molar-refractivity contribution < 1.29 is 14.7 Å². The highest BCUT2D eigenvalue weighted by Gasteiger charge is 2.39. The molecule has 104 valence electrons. The zero-order chi connectivity index (χ0) is 14.3. The van der Waals surface area contributed by atoms with Crippen molar-refractivity contribution >= 4 is 33.3 Å². The van der Waals surface area contributed by atoms with Gasteiger partial charge in [0.25, 0.3) is 5.91 Å². The molecule has 0 bridgehead atoms. The van der Waals surface area contributed by atoms with E-state index in [2.05, 4.69) is 0 Å². The normalized spacial score (nSPS) is 16.1. The highest BCUT2D eigenvalue weighted by atomic mass is 32.1. The first-order chi connectivity index (χ1) is 9.59. The van der Waals surface area contributed by atoms with Crippen LogP contribution >= 0.6 is 11.3 Å². The summed E-state index contributed by atoms with van der Waals surface area (Å²) in [5, 5.41) is 11.9. The van der Waals surface area contributed by atoms with Crippen molar-refractivity contribution in [3.8, 4) is 0 Å². The molecule has 1 N–H and O–H groups in total. The Balaban J connectivity index is 1.99. The molecule has 5 heteroatoms. The number of nitrogens with zero attached hydrogens (tertiary/aromatic N) is 1. The van der Waals surface area contributed by atoms with Crippen LogP contribution in [0, 0.1) is 0 Å². The molecule has 1 aromatic carbocycles. The van der Waals surface area contributed by atoms with Gasteiger partial charge in [0.15, 0.2) is 0 Å². The lowest BCUT2D eigenvalue weighted by atomic mass is 10.1. The minimum Gasteiger partial charge on any atom is -0.480 e. The molecule has 1 atom stereocenters. The van der Waals surface area contributed by atoms with E-state index in [-0.39, 0.29) is 11.9 Å². The number of carboxylic acid groups (broad SMARTS) is 1. The minimum absolute atomic E-state index is 0.0762. The van der Waals surface area contributed by atoms with Gasteiger partial charge >= 0.3 is 5.97 Å². The molecule has 0 spiro atoms. The van der Waals surface area contributed by atoms with Crippen molar-refractivity contribution in [2.24, 2.45) is 0 Å². The molecule has 2 aromatic rings. The Morgan fingerprint density at radius 1 is 1.35 bits per heavy atom. The molecule has 20 heavy (non-hydrogen) atoms. The third-order valence-corrected chi connectivity index (χ3v) is 4.62. The maximum atomic E-state index is 12.7. The van der Waals surface area contributed by atoms with E-state index in [1.807, 2.05) is 29.6 Å². The molecule has 0 radical (unpaired) electrons. The second-order valence-electron chi connectivity index (χ2n) is 5.10. The highest BCUT2D eigenvalue weighted by molar-refractivity contribution is 7.17. The van der Waals surface area contributed by atoms with E-state index in [9.17, 15) is 14.7 Å². The van der Waals surface area contributed by atoms with Crippen molar-refractivity contribution in [2.75, 3.05) is 0 Å². The lowest BCUT2D eigenvalue weighted by molar-refractivity contribution is -0.141. The molecule has 1 fully saturated rings. The number of thiophene rings is 1. The van der Waals surface area contributed by atoms with Gasteiger partial charge in [0.05, 0.1) is 5.56 Å². The number of carbonyl (C=O) groups excluding carboxylic acids is 1. The maximum absolute atomic E-state index is 12.7. The third-order valence-electron chi connectivity index (χ3n) is 3.66. The number of carboxylic acids is 1. The Kier molecular flexibility index (Phi) is 3.22. The predicted molar refractivity (Wildman–Crippen MR) is 78.1 cm³/mol. The smallest absolute Gasteiger partial charge is 0.326 e. The lowest BCUT2D eigenvalue weighted by Crippen LogP contribution is -2.44. The molecular formula is C15H15NO3S. The first-order valence-corrected chi connectivity index (χ1v) is 7.49. The van der Waals surface area contributed by atoms with Crippen molar-refractivity contribution in [3.63, 3.8) is 0 Å². The van der Waals surface area contributed by atoms with Gasteiger partial charge in [0, 0.05) is 21.5 Å². The Morgan fingerprint density at radius 2 is 2.05 bits per heavy atom. The number of hydrogen-bond donors (Lipinski definition) is 1. The fraction of sp³-hybridized carbons (Fsp3) is 0.333. The summed E-state index contributed by atoms with van der Waals surface area (Å²) in [7, 11) is 0. The molecule has 1 aromatic heterocycles. The molecular weight excluding hydrogens is 274 g/mol. The first kappa shape index (κ1) is 13.1. The van der Waals surface area contributed by atoms with Gasteiger partial charge < -0.3 is 10.0 Å². The van der Waals surface area contributed by atoms with Gasteiger partial charge in [-0.1, -0.05) is 18.2 Å². The van der Waals surface area contributed by atoms with Gasteiger partial charge in [-0.3, -0.25) is 4.79 Å². The fourth-order valence-electron chi connectivity index (χ4n) is 2.41. The standard InChI is InChI=1S/C15H15NO3S/c1-9(15(18)19)16(10-6-7-10)14(17)12-8-20-13-5-3-2-4-11(12)13/h2-5,8-10H,6-7H2,1H3,(H,18,19). The van der Waals surface area contributed by atoms with Gasteiger partial charge in [-0.15, -0.1) is 11.3 Å². The molecule has 1 heterocycles. The number of rotatable bonds is 4. The van der Waals surface area contributed by atoms with Crippen LogP contribution in [0.1, 0.15) is 30.1 Å². The first-order valence-electron chi connectivity index (χ1n) is 6.61. The second-order valence-corrected chi connectivity index (χ2v) is 6.01. The van der Waals surface area contributed by atoms with E-state index >= 15 is 0 Å². The summed E-state index contributed by atoms with van der Waals surface area (Å²) in [6.45, 7) is 1.58. The molecule has 4 nitrogen and oxygen atoms in total. The molecule has 0 saturated heterocycles. The summed E-state index contributed by atoms with van der Waals surface area (Å²) in [6, 6.07) is 7.01. The van der Waals surface area contributed by atoms with Crippen LogP contribution in [0.25, 0.3) is 10.1 Å². The van der Waals surface area contributed by atoms with E-state index in [1.54, 1.807) is 6.92 Å².